The summed E-state index contributed by atoms with van der Waals surface area (Å²) in [6, 6.07) is 10.9. The molecule has 0 fully saturated rings. The maximum Gasteiger partial charge on any atom is 0.165 e. The minimum Gasteiger partial charge on any atom is -0.494 e. The highest BCUT2D eigenvalue weighted by Crippen LogP contribution is 2.26. The summed E-state index contributed by atoms with van der Waals surface area (Å²) in [5.74, 6) is 5.56. The summed E-state index contributed by atoms with van der Waals surface area (Å²) in [5.41, 5.74) is 5.89. The first-order chi connectivity index (χ1) is 10.0. The monoisotopic (exact) mass is 352 g/mol. The maximum atomic E-state index is 13.8. The predicted octanol–water partition coefficient (Wildman–Crippen LogP) is 3.65. The Morgan fingerprint density at radius 2 is 2.05 bits per heavy atom. The van der Waals surface area contributed by atoms with Gasteiger partial charge in [0, 0.05) is 4.47 Å². The summed E-state index contributed by atoms with van der Waals surface area (Å²) < 4.78 is 19.7. The van der Waals surface area contributed by atoms with Crippen molar-refractivity contribution < 1.29 is 9.13 Å². The molecular weight excluding hydrogens is 335 g/mol. The first-order valence-electron chi connectivity index (χ1n) is 6.59. The average Bonchev–Trinajstić information content (AvgIpc) is 2.45. The van der Waals surface area contributed by atoms with Gasteiger partial charge >= 0.3 is 0 Å². The van der Waals surface area contributed by atoms with Crippen LogP contribution in [-0.4, -0.2) is 7.11 Å². The molecule has 0 saturated heterocycles. The fourth-order valence-electron chi connectivity index (χ4n) is 2.36. The normalized spacial score (nSPS) is 12.2. The van der Waals surface area contributed by atoms with Gasteiger partial charge in [-0.15, -0.1) is 0 Å². The molecule has 2 aromatic carbocycles. The summed E-state index contributed by atoms with van der Waals surface area (Å²) in [4.78, 5) is 0. The fourth-order valence-corrected chi connectivity index (χ4v) is 2.84. The van der Waals surface area contributed by atoms with E-state index in [-0.39, 0.29) is 17.6 Å². The van der Waals surface area contributed by atoms with Crippen LogP contribution in [0.1, 0.15) is 22.7 Å². The lowest BCUT2D eigenvalue weighted by molar-refractivity contribution is 0.386. The number of halogens is 2. The molecule has 0 radical (unpaired) electrons. The molecule has 0 saturated carbocycles. The van der Waals surface area contributed by atoms with E-state index < -0.39 is 0 Å². The average molecular weight is 353 g/mol. The second-order valence-corrected chi connectivity index (χ2v) is 5.81. The number of ether oxygens (including phenoxy) is 1. The van der Waals surface area contributed by atoms with Crippen molar-refractivity contribution in [3.05, 3.63) is 63.4 Å². The third-order valence-electron chi connectivity index (χ3n) is 3.46. The highest BCUT2D eigenvalue weighted by Gasteiger charge is 2.14. The van der Waals surface area contributed by atoms with Crippen LogP contribution in [0.2, 0.25) is 0 Å². The van der Waals surface area contributed by atoms with E-state index in [1.807, 2.05) is 31.2 Å². The number of hydrogen-bond acceptors (Lipinski definition) is 3. The largest absolute Gasteiger partial charge is 0.494 e. The molecule has 1 unspecified atom stereocenters. The van der Waals surface area contributed by atoms with Gasteiger partial charge in [0.15, 0.2) is 11.6 Å². The molecule has 0 spiro atoms. The molecule has 0 aromatic heterocycles. The van der Waals surface area contributed by atoms with Gasteiger partial charge in [-0.3, -0.25) is 11.3 Å². The summed E-state index contributed by atoms with van der Waals surface area (Å²) in [7, 11) is 1.45. The minimum atomic E-state index is -0.363. The minimum absolute atomic E-state index is 0.0779. The summed E-state index contributed by atoms with van der Waals surface area (Å²) in [5, 5.41) is 0. The van der Waals surface area contributed by atoms with Gasteiger partial charge in [0.2, 0.25) is 0 Å². The number of hydrogen-bond donors (Lipinski definition) is 2. The van der Waals surface area contributed by atoms with Crippen LogP contribution in [0, 0.1) is 12.7 Å². The van der Waals surface area contributed by atoms with Crippen molar-refractivity contribution in [3.8, 4) is 5.75 Å². The number of methoxy groups -OCH3 is 1. The van der Waals surface area contributed by atoms with Crippen LogP contribution in [-0.2, 0) is 6.42 Å². The Labute approximate surface area is 132 Å². The van der Waals surface area contributed by atoms with Crippen molar-refractivity contribution in [3.63, 3.8) is 0 Å². The lowest BCUT2D eigenvalue weighted by atomic mass is 9.96. The quantitative estimate of drug-likeness (QED) is 0.637. The van der Waals surface area contributed by atoms with E-state index in [2.05, 4.69) is 21.4 Å². The molecule has 0 bridgehead atoms. The molecule has 2 rings (SSSR count). The smallest absolute Gasteiger partial charge is 0.165 e. The van der Waals surface area contributed by atoms with Crippen LogP contribution in [0.4, 0.5) is 4.39 Å². The van der Waals surface area contributed by atoms with Gasteiger partial charge in [-0.05, 0) is 54.3 Å². The molecule has 3 N–H and O–H groups in total. The zero-order chi connectivity index (χ0) is 15.4. The molecule has 1 atom stereocenters. The lowest BCUT2D eigenvalue weighted by Gasteiger charge is -2.19. The van der Waals surface area contributed by atoms with Crippen molar-refractivity contribution in [2.24, 2.45) is 5.84 Å². The number of nitrogens with two attached hydrogens (primary N) is 1. The fraction of sp³-hybridized carbons (Fsp3) is 0.250. The van der Waals surface area contributed by atoms with Crippen LogP contribution < -0.4 is 16.0 Å². The van der Waals surface area contributed by atoms with Crippen molar-refractivity contribution in [1.82, 2.24) is 5.43 Å². The zero-order valence-electron chi connectivity index (χ0n) is 12.0. The summed E-state index contributed by atoms with van der Waals surface area (Å²) in [6.07, 6.45) is 0.597. The molecular formula is C16H18BrFN2O. The van der Waals surface area contributed by atoms with Gasteiger partial charge in [0.1, 0.15) is 0 Å². The van der Waals surface area contributed by atoms with E-state index in [9.17, 15) is 4.39 Å². The van der Waals surface area contributed by atoms with Crippen LogP contribution in [0.25, 0.3) is 0 Å². The van der Waals surface area contributed by atoms with Gasteiger partial charge in [-0.2, -0.15) is 0 Å². The molecule has 0 amide bonds. The van der Waals surface area contributed by atoms with Gasteiger partial charge in [0.25, 0.3) is 0 Å². The van der Waals surface area contributed by atoms with E-state index in [1.165, 1.54) is 13.2 Å². The third kappa shape index (κ3) is 3.81. The van der Waals surface area contributed by atoms with Crippen LogP contribution in [0.5, 0.6) is 5.75 Å². The zero-order valence-corrected chi connectivity index (χ0v) is 13.6. The van der Waals surface area contributed by atoms with Gasteiger partial charge in [-0.25, -0.2) is 4.39 Å². The lowest BCUT2D eigenvalue weighted by Crippen LogP contribution is -2.30. The van der Waals surface area contributed by atoms with E-state index >= 15 is 0 Å². The summed E-state index contributed by atoms with van der Waals surface area (Å²) >= 11 is 3.44. The predicted molar refractivity (Wildman–Crippen MR) is 85.6 cm³/mol. The molecule has 112 valence electrons. The van der Waals surface area contributed by atoms with Crippen molar-refractivity contribution in [1.29, 1.82) is 0 Å². The molecule has 0 aliphatic rings. The Morgan fingerprint density at radius 1 is 1.29 bits per heavy atom. The van der Waals surface area contributed by atoms with E-state index in [4.69, 9.17) is 10.6 Å². The molecule has 21 heavy (non-hydrogen) atoms. The van der Waals surface area contributed by atoms with E-state index in [0.29, 0.717) is 6.42 Å². The number of rotatable bonds is 5. The second kappa shape index (κ2) is 7.02. The van der Waals surface area contributed by atoms with Gasteiger partial charge < -0.3 is 4.74 Å². The van der Waals surface area contributed by atoms with Crippen molar-refractivity contribution >= 4 is 15.9 Å². The number of benzene rings is 2. The molecule has 0 heterocycles. The SMILES string of the molecule is COc1ccc(CC(NN)c2ccc(Br)cc2C)cc1F. The Balaban J connectivity index is 2.24. The Hall–Kier alpha value is -1.43. The van der Waals surface area contributed by atoms with Crippen LogP contribution in [0.3, 0.4) is 0 Å². The standard InChI is InChI=1S/C16H18BrFN2O/c1-10-7-12(17)4-5-13(10)15(20-19)9-11-3-6-16(21-2)14(18)8-11/h3-8,15,20H,9,19H2,1-2H3. The molecule has 3 nitrogen and oxygen atoms in total. The van der Waals surface area contributed by atoms with E-state index in [0.717, 1.165) is 21.2 Å². The molecule has 2 aromatic rings. The molecule has 0 aliphatic heterocycles. The topological polar surface area (TPSA) is 47.3 Å². The number of nitrogens with one attached hydrogen (secondary N) is 1. The Bertz CT molecular complexity index is 634. The van der Waals surface area contributed by atoms with Crippen molar-refractivity contribution in [2.45, 2.75) is 19.4 Å². The number of hydrazine groups is 1. The Kier molecular flexibility index (Phi) is 5.33. The number of aryl methyl sites for hydroxylation is 1. The van der Waals surface area contributed by atoms with E-state index in [1.54, 1.807) is 6.07 Å². The van der Waals surface area contributed by atoms with Gasteiger partial charge in [-0.1, -0.05) is 28.1 Å². The third-order valence-corrected chi connectivity index (χ3v) is 3.96. The van der Waals surface area contributed by atoms with Crippen LogP contribution in [0.15, 0.2) is 40.9 Å². The second-order valence-electron chi connectivity index (χ2n) is 4.89. The highest BCUT2D eigenvalue weighted by atomic mass is 79.9. The van der Waals surface area contributed by atoms with Gasteiger partial charge in [0.05, 0.1) is 13.2 Å². The highest BCUT2D eigenvalue weighted by molar-refractivity contribution is 9.10. The molecule has 0 aliphatic carbocycles. The molecule has 5 heteroatoms. The van der Waals surface area contributed by atoms with Crippen molar-refractivity contribution in [2.75, 3.05) is 7.11 Å². The van der Waals surface area contributed by atoms with Crippen LogP contribution >= 0.6 is 15.9 Å². The summed E-state index contributed by atoms with van der Waals surface area (Å²) in [6.45, 7) is 2.03. The Morgan fingerprint density at radius 3 is 2.62 bits per heavy atom. The first-order valence-corrected chi connectivity index (χ1v) is 7.39. The first kappa shape index (κ1) is 15.9. The maximum absolute atomic E-state index is 13.8.